The van der Waals surface area contributed by atoms with Crippen molar-refractivity contribution in [2.45, 2.75) is 0 Å². The lowest BCUT2D eigenvalue weighted by atomic mass is 10.1. The van der Waals surface area contributed by atoms with Crippen LogP contribution in [-0.4, -0.2) is 25.6 Å². The van der Waals surface area contributed by atoms with Gasteiger partial charge in [-0.2, -0.15) is 0 Å². The van der Waals surface area contributed by atoms with Gasteiger partial charge in [0.05, 0.1) is 16.8 Å². The zero-order valence-corrected chi connectivity index (χ0v) is 16.0. The summed E-state index contributed by atoms with van der Waals surface area (Å²) in [7, 11) is -3.44. The zero-order valence-electron chi connectivity index (χ0n) is 13.6. The van der Waals surface area contributed by atoms with Gasteiger partial charge in [0.25, 0.3) is 5.91 Å². The number of hydrogen-bond acceptors (Lipinski definition) is 5. The first kappa shape index (κ1) is 18.4. The molecule has 0 bridgehead atoms. The molecule has 0 saturated heterocycles. The van der Waals surface area contributed by atoms with Crippen LogP contribution in [0.2, 0.25) is 5.02 Å². The molecule has 0 aliphatic carbocycles. The average Bonchev–Trinajstić information content (AvgIpc) is 3.03. The van der Waals surface area contributed by atoms with Gasteiger partial charge in [-0.3, -0.25) is 14.5 Å². The minimum Gasteiger partial charge on any atom is -0.321 e. The van der Waals surface area contributed by atoms with Gasteiger partial charge in [-0.25, -0.2) is 8.42 Å². The summed E-state index contributed by atoms with van der Waals surface area (Å²) >= 11 is 7.31. The Morgan fingerprint density at radius 3 is 2.62 bits per heavy atom. The maximum atomic E-state index is 12.5. The van der Waals surface area contributed by atoms with E-state index < -0.39 is 10.0 Å². The van der Waals surface area contributed by atoms with E-state index in [9.17, 15) is 13.2 Å². The SMILES string of the molecule is CS(=O)(=O)Nc1cc(Cl)cc(NC(=O)c2cc(-c3cccnc3)cs2)c1. The third-order valence-electron chi connectivity index (χ3n) is 3.28. The number of thiophene rings is 1. The Morgan fingerprint density at radius 1 is 1.15 bits per heavy atom. The molecule has 3 rings (SSSR count). The van der Waals surface area contributed by atoms with Crippen molar-refractivity contribution in [3.05, 3.63) is 64.1 Å². The Kier molecular flexibility index (Phi) is 5.26. The molecular weight excluding hydrogens is 394 g/mol. The minimum atomic E-state index is -3.44. The number of pyridine rings is 1. The molecule has 0 unspecified atom stereocenters. The van der Waals surface area contributed by atoms with Crippen molar-refractivity contribution in [1.82, 2.24) is 4.98 Å². The Hall–Kier alpha value is -2.42. The van der Waals surface area contributed by atoms with E-state index in [4.69, 9.17) is 11.6 Å². The summed E-state index contributed by atoms with van der Waals surface area (Å²) in [6.45, 7) is 0. The van der Waals surface area contributed by atoms with Crippen molar-refractivity contribution < 1.29 is 13.2 Å². The molecule has 0 aliphatic heterocycles. The predicted octanol–water partition coefficient (Wildman–Crippen LogP) is 4.09. The van der Waals surface area contributed by atoms with E-state index in [-0.39, 0.29) is 11.6 Å². The van der Waals surface area contributed by atoms with E-state index in [1.807, 2.05) is 17.5 Å². The van der Waals surface area contributed by atoms with Gasteiger partial charge in [-0.1, -0.05) is 17.7 Å². The number of benzene rings is 1. The molecule has 26 heavy (non-hydrogen) atoms. The summed E-state index contributed by atoms with van der Waals surface area (Å²) in [5.41, 5.74) is 2.49. The molecule has 0 spiro atoms. The number of sulfonamides is 1. The fourth-order valence-electron chi connectivity index (χ4n) is 2.27. The van der Waals surface area contributed by atoms with Crippen LogP contribution in [0.15, 0.2) is 54.2 Å². The Labute approximate surface area is 159 Å². The topological polar surface area (TPSA) is 88.2 Å². The minimum absolute atomic E-state index is 0.275. The highest BCUT2D eigenvalue weighted by atomic mass is 35.5. The number of hydrogen-bond donors (Lipinski definition) is 2. The highest BCUT2D eigenvalue weighted by Gasteiger charge is 2.12. The van der Waals surface area contributed by atoms with Gasteiger partial charge in [-0.15, -0.1) is 11.3 Å². The molecule has 6 nitrogen and oxygen atoms in total. The van der Waals surface area contributed by atoms with E-state index in [0.29, 0.717) is 15.6 Å². The largest absolute Gasteiger partial charge is 0.321 e. The molecule has 2 heterocycles. The smallest absolute Gasteiger partial charge is 0.265 e. The van der Waals surface area contributed by atoms with Gasteiger partial charge in [0, 0.05) is 28.7 Å². The summed E-state index contributed by atoms with van der Waals surface area (Å²) in [5.74, 6) is -0.308. The molecular formula is C17H14ClN3O3S2. The van der Waals surface area contributed by atoms with E-state index in [1.165, 1.54) is 23.5 Å². The first-order valence-corrected chi connectivity index (χ1v) is 10.5. The number of nitrogens with zero attached hydrogens (tertiary/aromatic N) is 1. The number of anilines is 2. The summed E-state index contributed by atoms with van der Waals surface area (Å²) in [5, 5.41) is 4.90. The molecule has 2 N–H and O–H groups in total. The summed E-state index contributed by atoms with van der Waals surface area (Å²) in [4.78, 5) is 17.0. The summed E-state index contributed by atoms with van der Waals surface area (Å²) in [6, 6.07) is 10.0. The third kappa shape index (κ3) is 4.81. The van der Waals surface area contributed by atoms with Crippen molar-refractivity contribution in [2.24, 2.45) is 0 Å². The fourth-order valence-corrected chi connectivity index (χ4v) is 3.86. The number of halogens is 1. The highest BCUT2D eigenvalue weighted by molar-refractivity contribution is 7.92. The van der Waals surface area contributed by atoms with Crippen LogP contribution in [-0.2, 0) is 10.0 Å². The van der Waals surface area contributed by atoms with E-state index >= 15 is 0 Å². The van der Waals surface area contributed by atoms with Crippen LogP contribution in [0.5, 0.6) is 0 Å². The summed E-state index contributed by atoms with van der Waals surface area (Å²) in [6.07, 6.45) is 4.45. The second kappa shape index (κ2) is 7.45. The Bertz CT molecular complexity index is 1050. The molecule has 0 radical (unpaired) electrons. The molecule has 0 atom stereocenters. The van der Waals surface area contributed by atoms with Crippen molar-refractivity contribution in [3.63, 3.8) is 0 Å². The quantitative estimate of drug-likeness (QED) is 0.666. The van der Waals surface area contributed by atoms with Crippen molar-refractivity contribution in [1.29, 1.82) is 0 Å². The van der Waals surface area contributed by atoms with Crippen molar-refractivity contribution >= 4 is 50.2 Å². The maximum Gasteiger partial charge on any atom is 0.265 e. The molecule has 0 aliphatic rings. The molecule has 134 valence electrons. The standard InChI is InChI=1S/C17H14ClN3O3S2/c1-26(23,24)21-15-7-13(18)6-14(8-15)20-17(22)16-5-12(10-25-16)11-3-2-4-19-9-11/h2-10,21H,1H3,(H,20,22). The van der Waals surface area contributed by atoms with Crippen LogP contribution < -0.4 is 10.0 Å². The van der Waals surface area contributed by atoms with Crippen molar-refractivity contribution in [2.75, 3.05) is 16.3 Å². The van der Waals surface area contributed by atoms with Crippen LogP contribution in [0.1, 0.15) is 9.67 Å². The second-order valence-electron chi connectivity index (χ2n) is 5.50. The number of amides is 1. The monoisotopic (exact) mass is 407 g/mol. The van der Waals surface area contributed by atoms with Gasteiger partial charge in [0.1, 0.15) is 0 Å². The maximum absolute atomic E-state index is 12.5. The highest BCUT2D eigenvalue weighted by Crippen LogP contribution is 2.27. The lowest BCUT2D eigenvalue weighted by molar-refractivity contribution is 0.103. The number of aromatic nitrogens is 1. The summed E-state index contributed by atoms with van der Waals surface area (Å²) < 4.78 is 25.1. The third-order valence-corrected chi connectivity index (χ3v) is 5.03. The molecule has 2 aromatic heterocycles. The molecule has 1 aromatic carbocycles. The van der Waals surface area contributed by atoms with Crippen LogP contribution in [0, 0.1) is 0 Å². The Morgan fingerprint density at radius 2 is 1.92 bits per heavy atom. The zero-order chi connectivity index (χ0) is 18.7. The molecule has 9 heteroatoms. The number of nitrogens with one attached hydrogen (secondary N) is 2. The second-order valence-corrected chi connectivity index (χ2v) is 8.59. The van der Waals surface area contributed by atoms with Crippen LogP contribution >= 0.6 is 22.9 Å². The molecule has 0 fully saturated rings. The van der Waals surface area contributed by atoms with Gasteiger partial charge < -0.3 is 5.32 Å². The fraction of sp³-hybridized carbons (Fsp3) is 0.0588. The lowest BCUT2D eigenvalue weighted by Gasteiger charge is -2.09. The van der Waals surface area contributed by atoms with Gasteiger partial charge in [0.2, 0.25) is 10.0 Å². The Balaban J connectivity index is 1.79. The average molecular weight is 408 g/mol. The van der Waals surface area contributed by atoms with E-state index in [2.05, 4.69) is 15.0 Å². The molecule has 0 saturated carbocycles. The van der Waals surface area contributed by atoms with Gasteiger partial charge in [-0.05, 0) is 41.3 Å². The van der Waals surface area contributed by atoms with Gasteiger partial charge in [0.15, 0.2) is 0 Å². The van der Waals surface area contributed by atoms with Crippen LogP contribution in [0.4, 0.5) is 11.4 Å². The first-order chi connectivity index (χ1) is 12.3. The predicted molar refractivity (Wildman–Crippen MR) is 105 cm³/mol. The van der Waals surface area contributed by atoms with Gasteiger partial charge >= 0.3 is 0 Å². The van der Waals surface area contributed by atoms with Crippen LogP contribution in [0.3, 0.4) is 0 Å². The van der Waals surface area contributed by atoms with Crippen molar-refractivity contribution in [3.8, 4) is 11.1 Å². The van der Waals surface area contributed by atoms with E-state index in [1.54, 1.807) is 24.5 Å². The molecule has 3 aromatic rings. The molecule has 1 amide bonds. The number of rotatable bonds is 5. The lowest BCUT2D eigenvalue weighted by Crippen LogP contribution is -2.12. The number of carbonyl (C=O) groups is 1. The number of carbonyl (C=O) groups excluding carboxylic acids is 1. The van der Waals surface area contributed by atoms with E-state index in [0.717, 1.165) is 17.4 Å². The first-order valence-electron chi connectivity index (χ1n) is 7.39. The van der Waals surface area contributed by atoms with Crippen LogP contribution in [0.25, 0.3) is 11.1 Å². The normalized spacial score (nSPS) is 11.2.